The second-order valence-corrected chi connectivity index (χ2v) is 15.8. The van der Waals surface area contributed by atoms with Crippen molar-refractivity contribution in [3.05, 3.63) is 217 Å². The first-order valence-corrected chi connectivity index (χ1v) is 19.8. The van der Waals surface area contributed by atoms with E-state index >= 15 is 0 Å². The number of anilines is 3. The molecule has 0 unspecified atom stereocenters. The summed E-state index contributed by atoms with van der Waals surface area (Å²) in [5.41, 5.74) is 17.2. The molecule has 2 heteroatoms. The first-order chi connectivity index (χ1) is 28.0. The molecule has 1 aliphatic carbocycles. The Bertz CT molecular complexity index is 3130. The van der Waals surface area contributed by atoms with Crippen LogP contribution in [0.4, 0.5) is 17.1 Å². The summed E-state index contributed by atoms with van der Waals surface area (Å²) in [4.78, 5) is 2.44. The Balaban J connectivity index is 1.00. The summed E-state index contributed by atoms with van der Waals surface area (Å²) in [6.07, 6.45) is 0. The molecule has 0 amide bonds. The van der Waals surface area contributed by atoms with Gasteiger partial charge in [0.2, 0.25) is 0 Å². The average Bonchev–Trinajstić information content (AvgIpc) is 3.72. The van der Waals surface area contributed by atoms with Crippen molar-refractivity contribution in [2.45, 2.75) is 19.3 Å². The van der Waals surface area contributed by atoms with E-state index in [4.69, 9.17) is 0 Å². The van der Waals surface area contributed by atoms with Gasteiger partial charge in [0.1, 0.15) is 0 Å². The highest BCUT2D eigenvalue weighted by Crippen LogP contribution is 2.51. The molecule has 270 valence electrons. The zero-order chi connectivity index (χ0) is 38.1. The Morgan fingerprint density at radius 2 is 0.982 bits per heavy atom. The highest BCUT2D eigenvalue weighted by Gasteiger charge is 2.35. The monoisotopic (exact) mass is 728 g/mol. The number of rotatable bonds is 6. The van der Waals surface area contributed by atoms with Crippen LogP contribution in [0.15, 0.2) is 206 Å². The number of hydrogen-bond acceptors (Lipinski definition) is 1. The van der Waals surface area contributed by atoms with Crippen molar-refractivity contribution in [2.75, 3.05) is 4.90 Å². The highest BCUT2D eigenvalue weighted by atomic mass is 15.1. The van der Waals surface area contributed by atoms with Gasteiger partial charge in [-0.1, -0.05) is 159 Å². The fraction of sp³-hybridized carbons (Fsp3) is 0.0545. The van der Waals surface area contributed by atoms with Crippen LogP contribution >= 0.6 is 0 Å². The van der Waals surface area contributed by atoms with Gasteiger partial charge in [0.25, 0.3) is 0 Å². The van der Waals surface area contributed by atoms with E-state index in [-0.39, 0.29) is 5.41 Å². The van der Waals surface area contributed by atoms with Crippen LogP contribution in [-0.2, 0) is 5.41 Å². The number of aromatic nitrogens is 1. The van der Waals surface area contributed by atoms with Crippen molar-refractivity contribution in [2.24, 2.45) is 0 Å². The molecule has 11 rings (SSSR count). The van der Waals surface area contributed by atoms with Crippen molar-refractivity contribution in [1.29, 1.82) is 0 Å². The minimum Gasteiger partial charge on any atom is -0.310 e. The SMILES string of the molecule is CC1(C)c2ccccc2-c2ccc(N(c3ccc(-c4ccc5c(c4)c4ccccc4n5-c4ccc(-c5ccccc5)cc4)cc3)c3cccc4ccccc34)cc21. The minimum atomic E-state index is -0.0937. The van der Waals surface area contributed by atoms with E-state index in [1.54, 1.807) is 0 Å². The van der Waals surface area contributed by atoms with Gasteiger partial charge in [0, 0.05) is 38.6 Å². The molecule has 1 aliphatic rings. The minimum absolute atomic E-state index is 0.0937. The number of benzene rings is 9. The fourth-order valence-corrected chi connectivity index (χ4v) is 9.33. The third kappa shape index (κ3) is 5.33. The molecule has 1 heterocycles. The van der Waals surface area contributed by atoms with Crippen molar-refractivity contribution in [3.63, 3.8) is 0 Å². The van der Waals surface area contributed by atoms with Crippen LogP contribution in [0.3, 0.4) is 0 Å². The predicted molar refractivity (Wildman–Crippen MR) is 241 cm³/mol. The zero-order valence-corrected chi connectivity index (χ0v) is 32.0. The van der Waals surface area contributed by atoms with Crippen LogP contribution in [-0.4, -0.2) is 4.57 Å². The lowest BCUT2D eigenvalue weighted by atomic mass is 9.82. The summed E-state index contributed by atoms with van der Waals surface area (Å²) in [5.74, 6) is 0. The number of fused-ring (bicyclic) bond motifs is 7. The van der Waals surface area contributed by atoms with Crippen molar-refractivity contribution in [3.8, 4) is 39.1 Å². The standard InChI is InChI=1S/C55H40N2/c1-55(2)50-20-10-8-18-46(50)47-33-32-44(36-51(47)55)56(52-22-12-16-40-15-6-7-17-45(40)52)42-28-25-39(26-29-42)41-27-34-54-49(35-41)48-19-9-11-21-53(48)57(54)43-30-23-38(24-31-43)37-13-4-3-5-14-37/h3-36H,1-2H3. The Morgan fingerprint density at radius 1 is 0.386 bits per heavy atom. The summed E-state index contributed by atoms with van der Waals surface area (Å²) in [6.45, 7) is 4.71. The van der Waals surface area contributed by atoms with E-state index < -0.39 is 0 Å². The lowest BCUT2D eigenvalue weighted by molar-refractivity contribution is 0.660. The Hall–Kier alpha value is -7.16. The van der Waals surface area contributed by atoms with Crippen LogP contribution in [0.5, 0.6) is 0 Å². The third-order valence-corrected chi connectivity index (χ3v) is 12.2. The van der Waals surface area contributed by atoms with Gasteiger partial charge in [0.05, 0.1) is 16.7 Å². The maximum absolute atomic E-state index is 2.44. The highest BCUT2D eigenvalue weighted by molar-refractivity contribution is 6.10. The molecular formula is C55H40N2. The molecule has 0 bridgehead atoms. The maximum atomic E-state index is 2.44. The van der Waals surface area contributed by atoms with E-state index in [1.807, 2.05) is 0 Å². The maximum Gasteiger partial charge on any atom is 0.0541 e. The fourth-order valence-electron chi connectivity index (χ4n) is 9.33. The Morgan fingerprint density at radius 3 is 1.82 bits per heavy atom. The molecule has 0 saturated heterocycles. The average molecular weight is 729 g/mol. The first kappa shape index (κ1) is 33.2. The van der Waals surface area contributed by atoms with Crippen LogP contribution in [0.1, 0.15) is 25.0 Å². The van der Waals surface area contributed by atoms with E-state index in [1.165, 1.54) is 82.8 Å². The van der Waals surface area contributed by atoms with Gasteiger partial charge >= 0.3 is 0 Å². The molecular weight excluding hydrogens is 689 g/mol. The summed E-state index contributed by atoms with van der Waals surface area (Å²) in [7, 11) is 0. The van der Waals surface area contributed by atoms with Gasteiger partial charge in [-0.2, -0.15) is 0 Å². The molecule has 1 aromatic heterocycles. The molecule has 0 aliphatic heterocycles. The lowest BCUT2D eigenvalue weighted by Gasteiger charge is -2.29. The second-order valence-electron chi connectivity index (χ2n) is 15.8. The van der Waals surface area contributed by atoms with Crippen LogP contribution < -0.4 is 4.90 Å². The third-order valence-electron chi connectivity index (χ3n) is 12.2. The molecule has 10 aromatic rings. The Labute approximate surface area is 333 Å². The van der Waals surface area contributed by atoms with Crippen LogP contribution in [0.25, 0.3) is 71.6 Å². The van der Waals surface area contributed by atoms with E-state index in [0.29, 0.717) is 0 Å². The van der Waals surface area contributed by atoms with Gasteiger partial charge in [-0.25, -0.2) is 0 Å². The van der Waals surface area contributed by atoms with Gasteiger partial charge < -0.3 is 9.47 Å². The molecule has 0 saturated carbocycles. The summed E-state index contributed by atoms with van der Waals surface area (Å²) < 4.78 is 2.39. The molecule has 57 heavy (non-hydrogen) atoms. The molecule has 2 nitrogen and oxygen atoms in total. The number of para-hydroxylation sites is 1. The summed E-state index contributed by atoms with van der Waals surface area (Å²) in [6, 6.07) is 75.6. The quantitative estimate of drug-likeness (QED) is 0.165. The predicted octanol–water partition coefficient (Wildman–Crippen LogP) is 15.0. The molecule has 0 N–H and O–H groups in total. The van der Waals surface area contributed by atoms with Crippen molar-refractivity contribution < 1.29 is 0 Å². The van der Waals surface area contributed by atoms with Crippen LogP contribution in [0, 0.1) is 0 Å². The van der Waals surface area contributed by atoms with Gasteiger partial charge in [-0.05, 0) is 111 Å². The second kappa shape index (κ2) is 13.0. The van der Waals surface area contributed by atoms with Gasteiger partial charge in [-0.15, -0.1) is 0 Å². The molecule has 0 atom stereocenters. The lowest BCUT2D eigenvalue weighted by Crippen LogP contribution is -2.16. The normalized spacial score (nSPS) is 12.9. The first-order valence-electron chi connectivity index (χ1n) is 19.8. The molecule has 0 radical (unpaired) electrons. The van der Waals surface area contributed by atoms with Gasteiger partial charge in [-0.3, -0.25) is 0 Å². The van der Waals surface area contributed by atoms with Crippen molar-refractivity contribution in [1.82, 2.24) is 4.57 Å². The van der Waals surface area contributed by atoms with Crippen molar-refractivity contribution >= 4 is 49.6 Å². The summed E-state index contributed by atoms with van der Waals surface area (Å²) in [5, 5.41) is 4.95. The van der Waals surface area contributed by atoms with E-state index in [0.717, 1.165) is 17.1 Å². The summed E-state index contributed by atoms with van der Waals surface area (Å²) >= 11 is 0. The smallest absolute Gasteiger partial charge is 0.0541 e. The van der Waals surface area contributed by atoms with Crippen LogP contribution in [0.2, 0.25) is 0 Å². The molecule has 0 fully saturated rings. The molecule has 0 spiro atoms. The Kier molecular flexibility index (Phi) is 7.55. The van der Waals surface area contributed by atoms with Gasteiger partial charge in [0.15, 0.2) is 0 Å². The largest absolute Gasteiger partial charge is 0.310 e. The topological polar surface area (TPSA) is 8.17 Å². The molecule has 9 aromatic carbocycles. The number of nitrogens with zero attached hydrogens (tertiary/aromatic N) is 2. The zero-order valence-electron chi connectivity index (χ0n) is 32.0. The van der Waals surface area contributed by atoms with E-state index in [9.17, 15) is 0 Å². The van der Waals surface area contributed by atoms with E-state index in [2.05, 4.69) is 230 Å². The number of hydrogen-bond donors (Lipinski definition) is 0.